The first kappa shape index (κ1) is 45.8. The lowest BCUT2D eigenvalue weighted by Crippen LogP contribution is -2.65. The molecule has 7 rings (SSSR count). The maximum absolute atomic E-state index is 11.4. The Morgan fingerprint density at radius 2 is 0.937 bits per heavy atom. The smallest absolute Gasteiger partial charge is 0.187 e. The summed E-state index contributed by atoms with van der Waals surface area (Å²) in [5.41, 5.74) is 14.4. The number of rotatable bonds is 23. The van der Waals surface area contributed by atoms with E-state index in [0.717, 1.165) is 27.8 Å². The Bertz CT molecular complexity index is 2100. The molecule has 0 amide bonds. The van der Waals surface area contributed by atoms with Gasteiger partial charge in [0.25, 0.3) is 0 Å². The SMILES string of the molecule is C=CCO[C@H]1[C@@H](OCc2ccccc2)[C@@H](COCc2ccccc2)O[C@@H](O[C@H]2[C@H](OCc3ccccc3)[C@@H](N=[N+]=[N-])[C@H](O)O[C@@H]2COCc2ccccc2)[C@@H]1OCc1ccccc1. The fourth-order valence-corrected chi connectivity index (χ4v) is 7.64. The Balaban J connectivity index is 1.25. The molecule has 0 bridgehead atoms. The molecule has 0 aromatic heterocycles. The minimum absolute atomic E-state index is 0.0180. The van der Waals surface area contributed by atoms with Gasteiger partial charge >= 0.3 is 0 Å². The summed E-state index contributed by atoms with van der Waals surface area (Å²) in [5, 5.41) is 15.4. The summed E-state index contributed by atoms with van der Waals surface area (Å²) in [7, 11) is 0. The molecular weight excluding hydrogens is 803 g/mol. The molecule has 1 N–H and O–H groups in total. The van der Waals surface area contributed by atoms with Gasteiger partial charge in [-0.15, -0.1) is 6.58 Å². The lowest BCUT2D eigenvalue weighted by Gasteiger charge is -2.49. The van der Waals surface area contributed by atoms with E-state index in [-0.39, 0.29) is 46.2 Å². The van der Waals surface area contributed by atoms with Crippen molar-refractivity contribution in [3.8, 4) is 0 Å². The van der Waals surface area contributed by atoms with E-state index < -0.39 is 61.3 Å². The third-order valence-corrected chi connectivity index (χ3v) is 10.8. The zero-order valence-corrected chi connectivity index (χ0v) is 35.1. The number of hydrogen-bond donors (Lipinski definition) is 1. The van der Waals surface area contributed by atoms with Crippen molar-refractivity contribution in [2.45, 2.75) is 94.4 Å². The molecule has 13 nitrogen and oxygen atoms in total. The number of benzene rings is 5. The zero-order chi connectivity index (χ0) is 43.5. The van der Waals surface area contributed by atoms with Gasteiger partial charge in [0.2, 0.25) is 0 Å². The molecule has 5 aromatic rings. The zero-order valence-electron chi connectivity index (χ0n) is 35.1. The number of ether oxygens (including phenoxy) is 9. The molecule has 0 radical (unpaired) electrons. The second-order valence-electron chi connectivity index (χ2n) is 15.3. The molecule has 13 heteroatoms. The molecule has 0 spiro atoms. The number of aliphatic hydroxyl groups excluding tert-OH is 1. The van der Waals surface area contributed by atoms with Crippen LogP contribution in [0.2, 0.25) is 0 Å². The van der Waals surface area contributed by atoms with Gasteiger partial charge in [-0.3, -0.25) is 0 Å². The molecule has 2 aliphatic heterocycles. The van der Waals surface area contributed by atoms with Crippen LogP contribution in [0.15, 0.2) is 169 Å². The summed E-state index contributed by atoms with van der Waals surface area (Å²) in [6.45, 7) is 5.34. The van der Waals surface area contributed by atoms with Gasteiger partial charge in [-0.2, -0.15) is 0 Å². The molecule has 2 fully saturated rings. The van der Waals surface area contributed by atoms with E-state index in [1.165, 1.54) is 0 Å². The number of nitrogens with zero attached hydrogens (tertiary/aromatic N) is 3. The molecular formula is C50H55N3O10. The molecule has 2 aliphatic rings. The third kappa shape index (κ3) is 13.4. The molecule has 2 saturated heterocycles. The topological polar surface area (TPSA) is 152 Å². The van der Waals surface area contributed by atoms with Crippen molar-refractivity contribution in [2.75, 3.05) is 19.8 Å². The van der Waals surface area contributed by atoms with E-state index in [0.29, 0.717) is 6.61 Å². The Hall–Kier alpha value is -5.25. The van der Waals surface area contributed by atoms with Crippen LogP contribution in [0.5, 0.6) is 0 Å². The van der Waals surface area contributed by atoms with E-state index >= 15 is 0 Å². The molecule has 5 aromatic carbocycles. The van der Waals surface area contributed by atoms with Crippen molar-refractivity contribution in [3.63, 3.8) is 0 Å². The summed E-state index contributed by atoms with van der Waals surface area (Å²) < 4.78 is 59.6. The van der Waals surface area contributed by atoms with Crippen LogP contribution in [-0.2, 0) is 75.7 Å². The second kappa shape index (κ2) is 24.6. The standard InChI is InChI=1S/C50H55N3O10/c1-2-28-57-47-44(58-31-38-22-12-5-13-23-38)41(34-55-29-36-18-8-3-9-19-36)62-50(48(47)60-33-40-26-16-7-17-27-40)63-45-42(35-56-30-37-20-10-4-11-21-37)61-49(54)43(52-53-51)46(45)59-32-39-24-14-6-15-25-39/h2-27,41-50,54H,1,28-35H2/t41-,42-,43-,44+,45-,46-,47+,48-,49-,50+/m1/s1. The third-order valence-electron chi connectivity index (χ3n) is 10.8. The largest absolute Gasteiger partial charge is 0.374 e. The highest BCUT2D eigenvalue weighted by molar-refractivity contribution is 5.17. The average molecular weight is 858 g/mol. The first-order chi connectivity index (χ1) is 31.1. The van der Waals surface area contributed by atoms with Crippen molar-refractivity contribution in [3.05, 3.63) is 203 Å². The molecule has 0 unspecified atom stereocenters. The van der Waals surface area contributed by atoms with E-state index in [4.69, 9.17) is 42.6 Å². The Morgan fingerprint density at radius 3 is 1.38 bits per heavy atom. The molecule has 10 atom stereocenters. The van der Waals surface area contributed by atoms with Gasteiger partial charge in [-0.25, -0.2) is 0 Å². The van der Waals surface area contributed by atoms with Crippen LogP contribution in [0.4, 0.5) is 0 Å². The Morgan fingerprint density at radius 1 is 0.524 bits per heavy atom. The highest BCUT2D eigenvalue weighted by atomic mass is 16.7. The summed E-state index contributed by atoms with van der Waals surface area (Å²) in [6, 6.07) is 47.5. The predicted octanol–water partition coefficient (Wildman–Crippen LogP) is 8.25. The molecule has 330 valence electrons. The number of aliphatic hydroxyl groups is 1. The quantitative estimate of drug-likeness (QED) is 0.0294. The average Bonchev–Trinajstić information content (AvgIpc) is 3.33. The minimum Gasteiger partial charge on any atom is -0.374 e. The van der Waals surface area contributed by atoms with Crippen molar-refractivity contribution < 1.29 is 47.7 Å². The minimum atomic E-state index is -1.54. The maximum atomic E-state index is 11.4. The first-order valence-corrected chi connectivity index (χ1v) is 21.2. The van der Waals surface area contributed by atoms with Gasteiger partial charge in [-0.1, -0.05) is 163 Å². The van der Waals surface area contributed by atoms with Crippen LogP contribution in [0.1, 0.15) is 27.8 Å². The molecule has 63 heavy (non-hydrogen) atoms. The number of azide groups is 1. The first-order valence-electron chi connectivity index (χ1n) is 21.2. The fourth-order valence-electron chi connectivity index (χ4n) is 7.64. The molecule has 0 saturated carbocycles. The molecule has 2 heterocycles. The monoisotopic (exact) mass is 857 g/mol. The summed E-state index contributed by atoms with van der Waals surface area (Å²) in [5.74, 6) is 0. The van der Waals surface area contributed by atoms with Gasteiger partial charge in [0, 0.05) is 4.91 Å². The predicted molar refractivity (Wildman–Crippen MR) is 235 cm³/mol. The van der Waals surface area contributed by atoms with Crippen LogP contribution in [0, 0.1) is 0 Å². The summed E-state index contributed by atoms with van der Waals surface area (Å²) >= 11 is 0. The van der Waals surface area contributed by atoms with E-state index in [2.05, 4.69) is 16.6 Å². The van der Waals surface area contributed by atoms with Crippen molar-refractivity contribution in [1.82, 2.24) is 0 Å². The molecule has 0 aliphatic carbocycles. The van der Waals surface area contributed by atoms with Crippen LogP contribution >= 0.6 is 0 Å². The maximum Gasteiger partial charge on any atom is 0.187 e. The summed E-state index contributed by atoms with van der Waals surface area (Å²) in [4.78, 5) is 3.07. The normalized spacial score (nSPS) is 25.8. The van der Waals surface area contributed by atoms with Gasteiger partial charge in [0.1, 0.15) is 48.8 Å². The van der Waals surface area contributed by atoms with E-state index in [9.17, 15) is 10.6 Å². The van der Waals surface area contributed by atoms with Crippen LogP contribution in [0.25, 0.3) is 10.4 Å². The lowest BCUT2D eigenvalue weighted by molar-refractivity contribution is -0.361. The Kier molecular flexibility index (Phi) is 17.8. The Labute approximate surface area is 368 Å². The second-order valence-corrected chi connectivity index (χ2v) is 15.3. The fraction of sp³-hybridized carbons (Fsp3) is 0.360. The highest BCUT2D eigenvalue weighted by Gasteiger charge is 2.53. The van der Waals surface area contributed by atoms with Crippen molar-refractivity contribution in [1.29, 1.82) is 0 Å². The van der Waals surface area contributed by atoms with Crippen molar-refractivity contribution >= 4 is 0 Å². The van der Waals surface area contributed by atoms with Gasteiger partial charge < -0.3 is 47.7 Å². The van der Waals surface area contributed by atoms with Gasteiger partial charge in [0.15, 0.2) is 12.6 Å². The van der Waals surface area contributed by atoms with Gasteiger partial charge in [0.05, 0.1) is 52.9 Å². The van der Waals surface area contributed by atoms with Crippen LogP contribution < -0.4 is 0 Å². The highest BCUT2D eigenvalue weighted by Crippen LogP contribution is 2.36. The van der Waals surface area contributed by atoms with Crippen LogP contribution in [0.3, 0.4) is 0 Å². The lowest BCUT2D eigenvalue weighted by atomic mass is 9.95. The summed E-state index contributed by atoms with van der Waals surface area (Å²) in [6.07, 6.45) is -7.19. The van der Waals surface area contributed by atoms with Crippen molar-refractivity contribution in [2.24, 2.45) is 5.11 Å². The van der Waals surface area contributed by atoms with Crippen LogP contribution in [-0.4, -0.2) is 86.3 Å². The van der Waals surface area contributed by atoms with E-state index in [1.807, 2.05) is 152 Å². The number of hydrogen-bond acceptors (Lipinski definition) is 11. The van der Waals surface area contributed by atoms with E-state index in [1.54, 1.807) is 6.08 Å². The van der Waals surface area contributed by atoms with Gasteiger partial charge in [-0.05, 0) is 33.3 Å².